The Morgan fingerprint density at radius 1 is 0.952 bits per heavy atom. The molecular weight excluding hydrogens is 254 g/mol. The van der Waals surface area contributed by atoms with E-state index in [4.69, 9.17) is 0 Å². The quantitative estimate of drug-likeness (QED) is 0.792. The van der Waals surface area contributed by atoms with Crippen LogP contribution >= 0.6 is 0 Å². The molecular formula is C20H23N. The molecule has 1 aliphatic rings. The highest BCUT2D eigenvalue weighted by Crippen LogP contribution is 2.35. The van der Waals surface area contributed by atoms with E-state index in [1.807, 2.05) is 0 Å². The van der Waals surface area contributed by atoms with Crippen LogP contribution in [0.2, 0.25) is 0 Å². The molecule has 1 fully saturated rings. The van der Waals surface area contributed by atoms with Gasteiger partial charge in [0.15, 0.2) is 0 Å². The fraction of sp³-hybridized carbons (Fsp3) is 0.300. The molecule has 0 amide bonds. The second-order valence-electron chi connectivity index (χ2n) is 5.69. The summed E-state index contributed by atoms with van der Waals surface area (Å²) >= 11 is 0. The molecule has 0 bridgehead atoms. The molecule has 3 rings (SSSR count). The minimum absolute atomic E-state index is 0.533. The second-order valence-corrected chi connectivity index (χ2v) is 5.69. The highest BCUT2D eigenvalue weighted by atomic mass is 15.2. The van der Waals surface area contributed by atoms with Crippen LogP contribution in [0.15, 0.2) is 66.2 Å². The van der Waals surface area contributed by atoms with E-state index in [2.05, 4.69) is 79.4 Å². The highest BCUT2D eigenvalue weighted by molar-refractivity contribution is 5.83. The van der Waals surface area contributed by atoms with Gasteiger partial charge in [-0.3, -0.25) is 4.90 Å². The number of hydrogen-bond acceptors (Lipinski definition) is 1. The van der Waals surface area contributed by atoms with Gasteiger partial charge in [0.2, 0.25) is 0 Å². The SMILES string of the molecule is CCN1CCC(=C(c2ccccc2)c2ccccc2)C1C. The maximum atomic E-state index is 2.56. The average Bonchev–Trinajstić information content (AvgIpc) is 2.91. The van der Waals surface area contributed by atoms with Crippen molar-refractivity contribution < 1.29 is 0 Å². The lowest BCUT2D eigenvalue weighted by molar-refractivity contribution is 0.298. The van der Waals surface area contributed by atoms with Gasteiger partial charge >= 0.3 is 0 Å². The Kier molecular flexibility index (Phi) is 4.21. The molecule has 0 aliphatic carbocycles. The Bertz CT molecular complexity index is 571. The van der Waals surface area contributed by atoms with E-state index in [9.17, 15) is 0 Å². The van der Waals surface area contributed by atoms with Crippen LogP contribution in [0, 0.1) is 0 Å². The lowest BCUT2D eigenvalue weighted by Crippen LogP contribution is -2.27. The minimum atomic E-state index is 0.533. The van der Waals surface area contributed by atoms with Crippen molar-refractivity contribution in [2.45, 2.75) is 26.3 Å². The van der Waals surface area contributed by atoms with Crippen molar-refractivity contribution in [3.05, 3.63) is 77.4 Å². The van der Waals surface area contributed by atoms with Gasteiger partial charge in [0.1, 0.15) is 0 Å². The van der Waals surface area contributed by atoms with Gasteiger partial charge < -0.3 is 0 Å². The summed E-state index contributed by atoms with van der Waals surface area (Å²) in [4.78, 5) is 2.56. The molecule has 1 heterocycles. The van der Waals surface area contributed by atoms with Gasteiger partial charge in [0, 0.05) is 12.6 Å². The third kappa shape index (κ3) is 2.79. The molecule has 1 aliphatic heterocycles. The van der Waals surface area contributed by atoms with Crippen LogP contribution in [0.5, 0.6) is 0 Å². The second kappa shape index (κ2) is 6.28. The Morgan fingerprint density at radius 2 is 1.48 bits per heavy atom. The molecule has 2 aromatic carbocycles. The first kappa shape index (κ1) is 14.1. The van der Waals surface area contributed by atoms with Gasteiger partial charge in [-0.2, -0.15) is 0 Å². The standard InChI is InChI=1S/C20H23N/c1-3-21-15-14-19(16(21)2)20(17-10-6-4-7-11-17)18-12-8-5-9-13-18/h4-13,16H,3,14-15H2,1-2H3. The molecule has 2 aromatic rings. The molecule has 1 saturated heterocycles. The van der Waals surface area contributed by atoms with Crippen molar-refractivity contribution in [3.8, 4) is 0 Å². The van der Waals surface area contributed by atoms with E-state index in [1.165, 1.54) is 29.7 Å². The zero-order valence-corrected chi connectivity index (χ0v) is 12.9. The summed E-state index contributed by atoms with van der Waals surface area (Å²) < 4.78 is 0. The monoisotopic (exact) mass is 277 g/mol. The maximum Gasteiger partial charge on any atom is 0.0289 e. The van der Waals surface area contributed by atoms with E-state index in [0.29, 0.717) is 6.04 Å². The van der Waals surface area contributed by atoms with Crippen LogP contribution in [0.4, 0.5) is 0 Å². The van der Waals surface area contributed by atoms with Crippen LogP contribution in [0.25, 0.3) is 5.57 Å². The number of likely N-dealkylation sites (N-methyl/N-ethyl adjacent to an activating group) is 1. The molecule has 1 unspecified atom stereocenters. The Hall–Kier alpha value is -1.86. The van der Waals surface area contributed by atoms with E-state index >= 15 is 0 Å². The summed E-state index contributed by atoms with van der Waals surface area (Å²) in [6.45, 7) is 6.90. The maximum absolute atomic E-state index is 2.56. The smallest absolute Gasteiger partial charge is 0.0289 e. The molecule has 21 heavy (non-hydrogen) atoms. The zero-order chi connectivity index (χ0) is 14.7. The molecule has 0 saturated carbocycles. The number of benzene rings is 2. The van der Waals surface area contributed by atoms with Crippen LogP contribution in [-0.4, -0.2) is 24.0 Å². The van der Waals surface area contributed by atoms with E-state index in [-0.39, 0.29) is 0 Å². The summed E-state index contributed by atoms with van der Waals surface area (Å²) in [7, 11) is 0. The van der Waals surface area contributed by atoms with Crippen LogP contribution in [0.1, 0.15) is 31.4 Å². The first-order chi connectivity index (χ1) is 10.3. The van der Waals surface area contributed by atoms with E-state index in [0.717, 1.165) is 6.54 Å². The first-order valence-corrected chi connectivity index (χ1v) is 7.89. The summed E-state index contributed by atoms with van der Waals surface area (Å²) in [6, 6.07) is 22.2. The Morgan fingerprint density at radius 3 is 1.90 bits per heavy atom. The van der Waals surface area contributed by atoms with Crippen molar-refractivity contribution in [2.24, 2.45) is 0 Å². The third-order valence-corrected chi connectivity index (χ3v) is 4.57. The normalized spacial score (nSPS) is 19.0. The van der Waals surface area contributed by atoms with Gasteiger partial charge in [-0.1, -0.05) is 67.6 Å². The average molecular weight is 277 g/mol. The molecule has 1 heteroatoms. The summed E-state index contributed by atoms with van der Waals surface area (Å²) in [5.74, 6) is 0. The fourth-order valence-corrected chi connectivity index (χ4v) is 3.40. The van der Waals surface area contributed by atoms with Crippen molar-refractivity contribution in [1.82, 2.24) is 4.90 Å². The van der Waals surface area contributed by atoms with Gasteiger partial charge in [-0.05, 0) is 42.2 Å². The van der Waals surface area contributed by atoms with Crippen LogP contribution in [-0.2, 0) is 0 Å². The molecule has 108 valence electrons. The summed E-state index contributed by atoms with van der Waals surface area (Å²) in [5, 5.41) is 0. The predicted molar refractivity (Wildman–Crippen MR) is 90.2 cm³/mol. The Balaban J connectivity index is 2.14. The number of rotatable bonds is 3. The van der Waals surface area contributed by atoms with Crippen LogP contribution in [0.3, 0.4) is 0 Å². The van der Waals surface area contributed by atoms with Crippen molar-refractivity contribution in [3.63, 3.8) is 0 Å². The van der Waals surface area contributed by atoms with E-state index in [1.54, 1.807) is 5.57 Å². The van der Waals surface area contributed by atoms with Crippen LogP contribution < -0.4 is 0 Å². The number of likely N-dealkylation sites (tertiary alicyclic amines) is 1. The number of hydrogen-bond donors (Lipinski definition) is 0. The predicted octanol–water partition coefficient (Wildman–Crippen LogP) is 4.60. The van der Waals surface area contributed by atoms with E-state index < -0.39 is 0 Å². The Labute approximate surface area is 127 Å². The van der Waals surface area contributed by atoms with Crippen molar-refractivity contribution in [1.29, 1.82) is 0 Å². The molecule has 1 atom stereocenters. The molecule has 0 radical (unpaired) electrons. The molecule has 0 N–H and O–H groups in total. The lowest BCUT2D eigenvalue weighted by atomic mass is 9.90. The summed E-state index contributed by atoms with van der Waals surface area (Å²) in [6.07, 6.45) is 1.17. The van der Waals surface area contributed by atoms with Crippen molar-refractivity contribution in [2.75, 3.05) is 13.1 Å². The topological polar surface area (TPSA) is 3.24 Å². The molecule has 0 spiro atoms. The lowest BCUT2D eigenvalue weighted by Gasteiger charge is -2.21. The van der Waals surface area contributed by atoms with Gasteiger partial charge in [0.25, 0.3) is 0 Å². The molecule has 0 aromatic heterocycles. The molecule has 1 nitrogen and oxygen atoms in total. The fourth-order valence-electron chi connectivity index (χ4n) is 3.40. The first-order valence-electron chi connectivity index (χ1n) is 7.89. The summed E-state index contributed by atoms with van der Waals surface area (Å²) in [5.41, 5.74) is 5.68. The van der Waals surface area contributed by atoms with Gasteiger partial charge in [-0.25, -0.2) is 0 Å². The zero-order valence-electron chi connectivity index (χ0n) is 12.9. The number of nitrogens with zero attached hydrogens (tertiary/aromatic N) is 1. The van der Waals surface area contributed by atoms with Crippen molar-refractivity contribution >= 4 is 5.57 Å². The largest absolute Gasteiger partial charge is 0.297 e. The van der Waals surface area contributed by atoms with Gasteiger partial charge in [-0.15, -0.1) is 0 Å². The highest BCUT2D eigenvalue weighted by Gasteiger charge is 2.27. The third-order valence-electron chi connectivity index (χ3n) is 4.57. The van der Waals surface area contributed by atoms with Gasteiger partial charge in [0.05, 0.1) is 0 Å². The minimum Gasteiger partial charge on any atom is -0.297 e.